The number of nitrogens with zero attached hydrogens (tertiary/aromatic N) is 2. The van der Waals surface area contributed by atoms with Crippen LogP contribution in [0.2, 0.25) is 5.02 Å². The molecule has 0 radical (unpaired) electrons. The van der Waals surface area contributed by atoms with E-state index >= 15 is 0 Å². The molecule has 116 valence electrons. The molecule has 2 heterocycles. The number of hydrogen-bond donors (Lipinski definition) is 1. The number of carboxylic acids is 1. The number of rotatable bonds is 3. The van der Waals surface area contributed by atoms with Crippen molar-refractivity contribution in [1.29, 1.82) is 0 Å². The molecule has 1 atom stereocenters. The molecule has 0 bridgehead atoms. The summed E-state index contributed by atoms with van der Waals surface area (Å²) >= 11 is 6.48. The molecule has 2 aromatic rings. The van der Waals surface area contributed by atoms with Crippen LogP contribution in [-0.4, -0.2) is 33.5 Å². The predicted molar refractivity (Wildman–Crippen MR) is 87.2 cm³/mol. The maximum absolute atomic E-state index is 11.4. The smallest absolute Gasteiger partial charge is 0.320 e. The molecule has 5 heteroatoms. The van der Waals surface area contributed by atoms with E-state index in [1.54, 1.807) is 0 Å². The van der Waals surface area contributed by atoms with E-state index in [0.29, 0.717) is 18.0 Å². The van der Waals surface area contributed by atoms with E-state index in [-0.39, 0.29) is 0 Å². The molecule has 1 aromatic heterocycles. The lowest BCUT2D eigenvalue weighted by Crippen LogP contribution is -2.44. The summed E-state index contributed by atoms with van der Waals surface area (Å²) in [5, 5.41) is 11.1. The van der Waals surface area contributed by atoms with Crippen LogP contribution >= 0.6 is 11.6 Å². The number of carbonyl (C=O) groups is 1. The Morgan fingerprint density at radius 3 is 2.95 bits per heavy atom. The monoisotopic (exact) mass is 318 g/mol. The number of piperidine rings is 1. The number of para-hydroxylation sites is 1. The van der Waals surface area contributed by atoms with Gasteiger partial charge in [-0.15, -0.1) is 0 Å². The van der Waals surface area contributed by atoms with Crippen molar-refractivity contribution in [2.45, 2.75) is 38.8 Å². The summed E-state index contributed by atoms with van der Waals surface area (Å²) in [6.45, 7) is 3.25. The second-order valence-electron chi connectivity index (χ2n) is 5.83. The van der Waals surface area contributed by atoms with Gasteiger partial charge in [-0.3, -0.25) is 9.69 Å². The summed E-state index contributed by atoms with van der Waals surface area (Å²) < 4.78 is 0. The van der Waals surface area contributed by atoms with Crippen LogP contribution < -0.4 is 0 Å². The van der Waals surface area contributed by atoms with Gasteiger partial charge in [0, 0.05) is 11.9 Å². The summed E-state index contributed by atoms with van der Waals surface area (Å²) in [4.78, 5) is 18.1. The molecule has 3 rings (SSSR count). The zero-order valence-electron chi connectivity index (χ0n) is 12.6. The van der Waals surface area contributed by atoms with E-state index in [0.717, 1.165) is 41.5 Å². The third kappa shape index (κ3) is 2.81. The van der Waals surface area contributed by atoms with Crippen LogP contribution in [0.1, 0.15) is 30.5 Å². The Kier molecular flexibility index (Phi) is 4.32. The van der Waals surface area contributed by atoms with Crippen molar-refractivity contribution in [2.75, 3.05) is 6.54 Å². The van der Waals surface area contributed by atoms with E-state index < -0.39 is 12.0 Å². The molecule has 1 aromatic carbocycles. The maximum atomic E-state index is 11.4. The molecular formula is C17H19ClN2O2. The van der Waals surface area contributed by atoms with Crippen molar-refractivity contribution >= 4 is 28.5 Å². The molecule has 0 amide bonds. The molecule has 1 aliphatic heterocycles. The minimum atomic E-state index is -0.756. The number of pyridine rings is 1. The highest BCUT2D eigenvalue weighted by Gasteiger charge is 2.29. The summed E-state index contributed by atoms with van der Waals surface area (Å²) in [6.07, 6.45) is 2.68. The fraction of sp³-hybridized carbons (Fsp3) is 0.412. The first kappa shape index (κ1) is 15.3. The normalized spacial score (nSPS) is 19.5. The van der Waals surface area contributed by atoms with Crippen LogP contribution in [0.25, 0.3) is 10.9 Å². The summed E-state index contributed by atoms with van der Waals surface area (Å²) in [5.74, 6) is -0.756. The molecular weight excluding hydrogens is 300 g/mol. The van der Waals surface area contributed by atoms with Gasteiger partial charge in [0.25, 0.3) is 0 Å². The number of halogens is 1. The number of hydrogen-bond acceptors (Lipinski definition) is 3. The Labute approximate surface area is 134 Å². The predicted octanol–water partition coefficient (Wildman–Crippen LogP) is 3.64. The molecule has 0 spiro atoms. The Morgan fingerprint density at radius 2 is 2.18 bits per heavy atom. The van der Waals surface area contributed by atoms with Crippen LogP contribution in [0, 0.1) is 6.92 Å². The average molecular weight is 319 g/mol. The van der Waals surface area contributed by atoms with Crippen molar-refractivity contribution in [3.05, 3.63) is 40.5 Å². The highest BCUT2D eigenvalue weighted by atomic mass is 35.5. The van der Waals surface area contributed by atoms with Crippen molar-refractivity contribution < 1.29 is 9.90 Å². The SMILES string of the molecule is Cc1c(Cl)c(CN2CCCCC2C(=O)O)nc2ccccc12. The van der Waals surface area contributed by atoms with Crippen LogP contribution in [0.4, 0.5) is 0 Å². The highest BCUT2D eigenvalue weighted by molar-refractivity contribution is 6.32. The molecule has 4 nitrogen and oxygen atoms in total. The van der Waals surface area contributed by atoms with E-state index in [1.165, 1.54) is 0 Å². The molecule has 0 saturated carbocycles. The van der Waals surface area contributed by atoms with E-state index in [4.69, 9.17) is 11.6 Å². The Bertz CT molecular complexity index is 717. The number of fused-ring (bicyclic) bond motifs is 1. The van der Waals surface area contributed by atoms with Gasteiger partial charge in [0.05, 0.1) is 16.2 Å². The molecule has 1 unspecified atom stereocenters. The number of likely N-dealkylation sites (tertiary alicyclic amines) is 1. The van der Waals surface area contributed by atoms with Gasteiger partial charge in [-0.2, -0.15) is 0 Å². The van der Waals surface area contributed by atoms with Crippen molar-refractivity contribution in [3.8, 4) is 0 Å². The van der Waals surface area contributed by atoms with Crippen molar-refractivity contribution in [3.63, 3.8) is 0 Å². The lowest BCUT2D eigenvalue weighted by atomic mass is 10.0. The number of aryl methyl sites for hydroxylation is 1. The van der Waals surface area contributed by atoms with Gasteiger partial charge in [0.15, 0.2) is 0 Å². The standard InChI is InChI=1S/C17H19ClN2O2/c1-11-12-6-2-3-7-13(12)19-14(16(11)18)10-20-9-5-4-8-15(20)17(21)22/h2-3,6-7,15H,4-5,8-10H2,1H3,(H,21,22). The van der Waals surface area contributed by atoms with Gasteiger partial charge < -0.3 is 5.11 Å². The largest absolute Gasteiger partial charge is 0.480 e. The Hall–Kier alpha value is -1.65. The van der Waals surface area contributed by atoms with E-state index in [9.17, 15) is 9.90 Å². The first-order valence-electron chi connectivity index (χ1n) is 7.58. The summed E-state index contributed by atoms with van der Waals surface area (Å²) in [5.41, 5.74) is 2.68. The molecule has 1 fully saturated rings. The lowest BCUT2D eigenvalue weighted by molar-refractivity contribution is -0.144. The molecule has 1 saturated heterocycles. The van der Waals surface area contributed by atoms with Crippen LogP contribution in [0.15, 0.2) is 24.3 Å². The maximum Gasteiger partial charge on any atom is 0.320 e. The topological polar surface area (TPSA) is 53.4 Å². The first-order chi connectivity index (χ1) is 10.6. The number of carboxylic acid groups (broad SMARTS) is 1. The lowest BCUT2D eigenvalue weighted by Gasteiger charge is -2.32. The average Bonchev–Trinajstić information content (AvgIpc) is 2.52. The first-order valence-corrected chi connectivity index (χ1v) is 7.96. The van der Waals surface area contributed by atoms with Crippen LogP contribution in [0.5, 0.6) is 0 Å². The van der Waals surface area contributed by atoms with Gasteiger partial charge in [-0.05, 0) is 37.9 Å². The number of aromatic nitrogens is 1. The summed E-state index contributed by atoms with van der Waals surface area (Å²) in [6, 6.07) is 7.46. The van der Waals surface area contributed by atoms with Gasteiger partial charge in [-0.25, -0.2) is 4.98 Å². The van der Waals surface area contributed by atoms with E-state index in [1.807, 2.05) is 36.1 Å². The second-order valence-corrected chi connectivity index (χ2v) is 6.21. The molecule has 0 aliphatic carbocycles. The molecule has 22 heavy (non-hydrogen) atoms. The molecule has 1 N–H and O–H groups in total. The van der Waals surface area contributed by atoms with Crippen molar-refractivity contribution in [2.24, 2.45) is 0 Å². The van der Waals surface area contributed by atoms with Crippen LogP contribution in [-0.2, 0) is 11.3 Å². The Morgan fingerprint density at radius 1 is 1.41 bits per heavy atom. The fourth-order valence-corrected chi connectivity index (χ4v) is 3.38. The minimum Gasteiger partial charge on any atom is -0.480 e. The Balaban J connectivity index is 1.96. The van der Waals surface area contributed by atoms with Gasteiger partial charge in [0.2, 0.25) is 0 Å². The third-order valence-corrected chi connectivity index (χ3v) is 4.90. The van der Waals surface area contributed by atoms with Gasteiger partial charge in [0.1, 0.15) is 6.04 Å². The quantitative estimate of drug-likeness (QED) is 0.938. The van der Waals surface area contributed by atoms with E-state index in [2.05, 4.69) is 4.98 Å². The zero-order valence-corrected chi connectivity index (χ0v) is 13.3. The zero-order chi connectivity index (χ0) is 15.7. The van der Waals surface area contributed by atoms with Crippen LogP contribution in [0.3, 0.4) is 0 Å². The highest BCUT2D eigenvalue weighted by Crippen LogP contribution is 2.29. The number of aliphatic carboxylic acids is 1. The number of benzene rings is 1. The van der Waals surface area contributed by atoms with Crippen molar-refractivity contribution in [1.82, 2.24) is 9.88 Å². The van der Waals surface area contributed by atoms with Gasteiger partial charge in [-0.1, -0.05) is 36.2 Å². The summed E-state index contributed by atoms with van der Waals surface area (Å²) in [7, 11) is 0. The van der Waals surface area contributed by atoms with Gasteiger partial charge >= 0.3 is 5.97 Å². The molecule has 1 aliphatic rings. The second kappa shape index (κ2) is 6.23. The minimum absolute atomic E-state index is 0.432. The fourth-order valence-electron chi connectivity index (χ4n) is 3.17. The third-order valence-electron chi connectivity index (χ3n) is 4.40.